The molecule has 0 unspecified atom stereocenters. The normalized spacial score (nSPS) is 26.4. The SMILES string of the molecule is C=C(c1ccccc1)[C@@H]1CC[C@H](C)O1. The van der Waals surface area contributed by atoms with Crippen LogP contribution in [0, 0.1) is 0 Å². The molecule has 1 aliphatic heterocycles. The van der Waals surface area contributed by atoms with E-state index in [0.29, 0.717) is 6.10 Å². The van der Waals surface area contributed by atoms with Gasteiger partial charge in [-0.05, 0) is 30.9 Å². The van der Waals surface area contributed by atoms with Crippen molar-refractivity contribution in [1.82, 2.24) is 0 Å². The number of ether oxygens (including phenoxy) is 1. The van der Waals surface area contributed by atoms with Crippen molar-refractivity contribution < 1.29 is 4.74 Å². The van der Waals surface area contributed by atoms with E-state index in [2.05, 4.69) is 25.6 Å². The molecule has 0 radical (unpaired) electrons. The van der Waals surface area contributed by atoms with E-state index in [9.17, 15) is 0 Å². The zero-order valence-electron chi connectivity index (χ0n) is 8.57. The van der Waals surface area contributed by atoms with Crippen LogP contribution in [0.2, 0.25) is 0 Å². The average Bonchev–Trinajstić information content (AvgIpc) is 2.65. The molecular weight excluding hydrogens is 172 g/mol. The summed E-state index contributed by atoms with van der Waals surface area (Å²) >= 11 is 0. The first-order chi connectivity index (χ1) is 6.77. The molecular formula is C13H16O. The van der Waals surface area contributed by atoms with Crippen LogP contribution in [0.1, 0.15) is 25.3 Å². The highest BCUT2D eigenvalue weighted by molar-refractivity contribution is 5.66. The number of benzene rings is 1. The molecule has 1 heteroatoms. The Morgan fingerprint density at radius 2 is 2.00 bits per heavy atom. The summed E-state index contributed by atoms with van der Waals surface area (Å²) in [6.45, 7) is 6.24. The van der Waals surface area contributed by atoms with E-state index in [1.807, 2.05) is 18.2 Å². The van der Waals surface area contributed by atoms with E-state index in [1.54, 1.807) is 0 Å². The molecule has 2 atom stereocenters. The maximum atomic E-state index is 5.78. The zero-order chi connectivity index (χ0) is 9.97. The predicted octanol–water partition coefficient (Wildman–Crippen LogP) is 3.27. The van der Waals surface area contributed by atoms with Crippen molar-refractivity contribution in [3.05, 3.63) is 42.5 Å². The second-order valence-electron chi connectivity index (χ2n) is 3.90. The molecule has 0 N–H and O–H groups in total. The van der Waals surface area contributed by atoms with Gasteiger partial charge >= 0.3 is 0 Å². The summed E-state index contributed by atoms with van der Waals surface area (Å²) in [6.07, 6.45) is 2.87. The molecule has 14 heavy (non-hydrogen) atoms. The van der Waals surface area contributed by atoms with Gasteiger partial charge in [-0.3, -0.25) is 0 Å². The van der Waals surface area contributed by atoms with Crippen LogP contribution in [-0.2, 0) is 4.74 Å². The lowest BCUT2D eigenvalue weighted by molar-refractivity contribution is 0.0888. The summed E-state index contributed by atoms with van der Waals surface area (Å²) in [5, 5.41) is 0. The first-order valence-electron chi connectivity index (χ1n) is 5.17. The average molecular weight is 188 g/mol. The molecule has 2 rings (SSSR count). The largest absolute Gasteiger partial charge is 0.371 e. The third-order valence-corrected chi connectivity index (χ3v) is 2.77. The van der Waals surface area contributed by atoms with E-state index in [-0.39, 0.29) is 6.10 Å². The number of rotatable bonds is 2. The maximum Gasteiger partial charge on any atom is 0.0829 e. The topological polar surface area (TPSA) is 9.23 Å². The third-order valence-electron chi connectivity index (χ3n) is 2.77. The fourth-order valence-electron chi connectivity index (χ4n) is 1.90. The van der Waals surface area contributed by atoms with Crippen LogP contribution >= 0.6 is 0 Å². The Labute approximate surface area is 85.4 Å². The lowest BCUT2D eigenvalue weighted by Gasteiger charge is -2.14. The molecule has 0 aliphatic carbocycles. The van der Waals surface area contributed by atoms with Crippen LogP contribution in [-0.4, -0.2) is 12.2 Å². The van der Waals surface area contributed by atoms with Gasteiger partial charge in [0.1, 0.15) is 0 Å². The van der Waals surface area contributed by atoms with E-state index < -0.39 is 0 Å². The molecule has 1 aromatic rings. The summed E-state index contributed by atoms with van der Waals surface area (Å²) in [4.78, 5) is 0. The van der Waals surface area contributed by atoms with Crippen LogP contribution in [0.3, 0.4) is 0 Å². The molecule has 0 aromatic heterocycles. The first-order valence-corrected chi connectivity index (χ1v) is 5.17. The Bertz CT molecular complexity index is 315. The maximum absolute atomic E-state index is 5.78. The summed E-state index contributed by atoms with van der Waals surface area (Å²) in [6, 6.07) is 10.3. The summed E-state index contributed by atoms with van der Waals surface area (Å²) in [5.74, 6) is 0. The van der Waals surface area contributed by atoms with Crippen molar-refractivity contribution in [2.45, 2.75) is 32.0 Å². The Kier molecular flexibility index (Phi) is 2.69. The van der Waals surface area contributed by atoms with Gasteiger partial charge in [0.25, 0.3) is 0 Å². The monoisotopic (exact) mass is 188 g/mol. The van der Waals surface area contributed by atoms with Crippen LogP contribution < -0.4 is 0 Å². The number of hydrogen-bond acceptors (Lipinski definition) is 1. The smallest absolute Gasteiger partial charge is 0.0829 e. The van der Waals surface area contributed by atoms with Crippen molar-refractivity contribution >= 4 is 5.57 Å². The van der Waals surface area contributed by atoms with Crippen molar-refractivity contribution in [3.63, 3.8) is 0 Å². The second kappa shape index (κ2) is 3.97. The van der Waals surface area contributed by atoms with E-state index in [4.69, 9.17) is 4.74 Å². The minimum atomic E-state index is 0.229. The second-order valence-corrected chi connectivity index (χ2v) is 3.90. The van der Waals surface area contributed by atoms with Crippen molar-refractivity contribution in [2.75, 3.05) is 0 Å². The van der Waals surface area contributed by atoms with Gasteiger partial charge in [0.15, 0.2) is 0 Å². The molecule has 0 bridgehead atoms. The highest BCUT2D eigenvalue weighted by Gasteiger charge is 2.24. The molecule has 1 aromatic carbocycles. The highest BCUT2D eigenvalue weighted by Crippen LogP contribution is 2.29. The number of hydrogen-bond donors (Lipinski definition) is 0. The van der Waals surface area contributed by atoms with Gasteiger partial charge in [-0.2, -0.15) is 0 Å². The van der Waals surface area contributed by atoms with Gasteiger partial charge in [-0.15, -0.1) is 0 Å². The Hall–Kier alpha value is -1.08. The Morgan fingerprint density at radius 3 is 2.57 bits per heavy atom. The van der Waals surface area contributed by atoms with Crippen LogP contribution in [0.5, 0.6) is 0 Å². The van der Waals surface area contributed by atoms with Crippen molar-refractivity contribution in [3.8, 4) is 0 Å². The molecule has 0 saturated carbocycles. The molecule has 1 aliphatic rings. The standard InChI is InChI=1S/C13H16O/c1-10-8-9-13(14-10)11(2)12-6-4-3-5-7-12/h3-7,10,13H,2,8-9H2,1H3/t10-,13-/m0/s1. The fourth-order valence-corrected chi connectivity index (χ4v) is 1.90. The molecule has 1 nitrogen and oxygen atoms in total. The van der Waals surface area contributed by atoms with Gasteiger partial charge in [0.2, 0.25) is 0 Å². The molecule has 74 valence electrons. The lowest BCUT2D eigenvalue weighted by Crippen LogP contribution is -2.09. The van der Waals surface area contributed by atoms with Crippen LogP contribution in [0.25, 0.3) is 5.57 Å². The quantitative estimate of drug-likeness (QED) is 0.692. The highest BCUT2D eigenvalue weighted by atomic mass is 16.5. The fraction of sp³-hybridized carbons (Fsp3) is 0.385. The molecule has 0 amide bonds. The molecule has 1 heterocycles. The van der Waals surface area contributed by atoms with Gasteiger partial charge in [-0.25, -0.2) is 0 Å². The van der Waals surface area contributed by atoms with E-state index in [1.165, 1.54) is 5.56 Å². The first kappa shape index (κ1) is 9.47. The van der Waals surface area contributed by atoms with Crippen molar-refractivity contribution in [1.29, 1.82) is 0 Å². The minimum absolute atomic E-state index is 0.229. The van der Waals surface area contributed by atoms with Gasteiger partial charge in [0.05, 0.1) is 12.2 Å². The summed E-state index contributed by atoms with van der Waals surface area (Å²) in [7, 11) is 0. The summed E-state index contributed by atoms with van der Waals surface area (Å²) in [5.41, 5.74) is 2.32. The lowest BCUT2D eigenvalue weighted by atomic mass is 10.0. The van der Waals surface area contributed by atoms with E-state index >= 15 is 0 Å². The third kappa shape index (κ3) is 1.88. The van der Waals surface area contributed by atoms with Gasteiger partial charge in [-0.1, -0.05) is 36.9 Å². The molecule has 0 spiro atoms. The Balaban J connectivity index is 2.10. The minimum Gasteiger partial charge on any atom is -0.371 e. The summed E-state index contributed by atoms with van der Waals surface area (Å²) < 4.78 is 5.78. The van der Waals surface area contributed by atoms with Crippen LogP contribution in [0.4, 0.5) is 0 Å². The van der Waals surface area contributed by atoms with E-state index in [0.717, 1.165) is 18.4 Å². The van der Waals surface area contributed by atoms with Crippen molar-refractivity contribution in [2.24, 2.45) is 0 Å². The van der Waals surface area contributed by atoms with Crippen LogP contribution in [0.15, 0.2) is 36.9 Å². The van der Waals surface area contributed by atoms with Gasteiger partial charge < -0.3 is 4.74 Å². The molecule has 1 fully saturated rings. The van der Waals surface area contributed by atoms with Gasteiger partial charge in [0, 0.05) is 0 Å². The predicted molar refractivity (Wildman–Crippen MR) is 59.0 cm³/mol. The zero-order valence-corrected chi connectivity index (χ0v) is 8.57. The molecule has 1 saturated heterocycles. The Morgan fingerprint density at radius 1 is 1.29 bits per heavy atom.